The van der Waals surface area contributed by atoms with Crippen LogP contribution in [-0.2, 0) is 18.4 Å². The molecule has 156 valence electrons. The van der Waals surface area contributed by atoms with E-state index in [1.807, 2.05) is 44.2 Å². The largest absolute Gasteiger partial charge is 0.368 e. The van der Waals surface area contributed by atoms with Gasteiger partial charge in [0.15, 0.2) is 5.96 Å². The molecule has 7 heteroatoms. The third-order valence-electron chi connectivity index (χ3n) is 5.26. The van der Waals surface area contributed by atoms with Gasteiger partial charge in [0.1, 0.15) is 6.54 Å². The number of benzene rings is 1. The van der Waals surface area contributed by atoms with E-state index in [4.69, 9.17) is 0 Å². The highest BCUT2D eigenvalue weighted by atomic mass is 16.2. The van der Waals surface area contributed by atoms with E-state index in [0.29, 0.717) is 0 Å². The summed E-state index contributed by atoms with van der Waals surface area (Å²) in [6.07, 6.45) is 2.03. The normalized spacial score (nSPS) is 14.8. The molecule has 1 aromatic carbocycles. The SMILES string of the molecule is CCNC(=NCC(=O)N1CCN(c2ccccc2)CC1)N(C)Cc1cccn1C. The molecule has 1 fully saturated rings. The Kier molecular flexibility index (Phi) is 7.16. The maximum absolute atomic E-state index is 12.7. The highest BCUT2D eigenvalue weighted by Gasteiger charge is 2.21. The van der Waals surface area contributed by atoms with Crippen LogP contribution in [0.15, 0.2) is 53.7 Å². The van der Waals surface area contributed by atoms with Crippen molar-refractivity contribution in [1.29, 1.82) is 0 Å². The van der Waals surface area contributed by atoms with Crippen molar-refractivity contribution >= 4 is 17.6 Å². The van der Waals surface area contributed by atoms with E-state index in [0.717, 1.165) is 45.2 Å². The molecular formula is C22H32N6O. The van der Waals surface area contributed by atoms with Gasteiger partial charge in [-0.1, -0.05) is 18.2 Å². The summed E-state index contributed by atoms with van der Waals surface area (Å²) in [4.78, 5) is 23.6. The Labute approximate surface area is 173 Å². The molecule has 0 aliphatic carbocycles. The molecular weight excluding hydrogens is 364 g/mol. The lowest BCUT2D eigenvalue weighted by Gasteiger charge is -2.36. The van der Waals surface area contributed by atoms with Crippen LogP contribution in [-0.4, -0.2) is 72.5 Å². The van der Waals surface area contributed by atoms with Gasteiger partial charge in [0.2, 0.25) is 5.91 Å². The highest BCUT2D eigenvalue weighted by Crippen LogP contribution is 2.15. The van der Waals surface area contributed by atoms with Gasteiger partial charge in [0.25, 0.3) is 0 Å². The van der Waals surface area contributed by atoms with E-state index in [-0.39, 0.29) is 12.5 Å². The van der Waals surface area contributed by atoms with Crippen LogP contribution in [0.2, 0.25) is 0 Å². The van der Waals surface area contributed by atoms with Gasteiger partial charge in [-0.05, 0) is 31.2 Å². The summed E-state index contributed by atoms with van der Waals surface area (Å²) in [6.45, 7) is 6.89. The van der Waals surface area contributed by atoms with Crippen molar-refractivity contribution in [3.63, 3.8) is 0 Å². The van der Waals surface area contributed by atoms with Gasteiger partial charge in [-0.3, -0.25) is 4.79 Å². The van der Waals surface area contributed by atoms with Gasteiger partial charge < -0.3 is 24.6 Å². The summed E-state index contributed by atoms with van der Waals surface area (Å²) in [7, 11) is 4.03. The van der Waals surface area contributed by atoms with Gasteiger partial charge in [-0.25, -0.2) is 4.99 Å². The van der Waals surface area contributed by atoms with Crippen molar-refractivity contribution in [3.8, 4) is 0 Å². The number of rotatable bonds is 6. The molecule has 0 saturated carbocycles. The lowest BCUT2D eigenvalue weighted by Crippen LogP contribution is -2.49. The van der Waals surface area contributed by atoms with Crippen LogP contribution < -0.4 is 10.2 Å². The lowest BCUT2D eigenvalue weighted by atomic mass is 10.2. The van der Waals surface area contributed by atoms with E-state index < -0.39 is 0 Å². The predicted octanol–water partition coefficient (Wildman–Crippen LogP) is 1.77. The number of nitrogens with zero attached hydrogens (tertiary/aromatic N) is 5. The zero-order valence-corrected chi connectivity index (χ0v) is 17.7. The molecule has 0 bridgehead atoms. The first-order valence-electron chi connectivity index (χ1n) is 10.3. The number of aliphatic imine (C=N–C) groups is 1. The van der Waals surface area contributed by atoms with E-state index in [1.165, 1.54) is 11.4 Å². The van der Waals surface area contributed by atoms with Gasteiger partial charge in [0.05, 0.1) is 6.54 Å². The average molecular weight is 397 g/mol. The number of hydrogen-bond acceptors (Lipinski definition) is 3. The summed E-state index contributed by atoms with van der Waals surface area (Å²) in [5.41, 5.74) is 2.41. The number of carbonyl (C=O) groups excluding carboxylic acids is 1. The van der Waals surface area contributed by atoms with Crippen LogP contribution in [0.25, 0.3) is 0 Å². The second-order valence-electron chi connectivity index (χ2n) is 7.34. The molecule has 1 aliphatic heterocycles. The number of piperazine rings is 1. The van der Waals surface area contributed by atoms with Crippen molar-refractivity contribution in [1.82, 2.24) is 19.7 Å². The minimum absolute atomic E-state index is 0.0837. The van der Waals surface area contributed by atoms with Crippen molar-refractivity contribution < 1.29 is 4.79 Å². The molecule has 0 radical (unpaired) electrons. The minimum Gasteiger partial charge on any atom is -0.368 e. The molecule has 1 amide bonds. The molecule has 1 aromatic heterocycles. The highest BCUT2D eigenvalue weighted by molar-refractivity contribution is 5.85. The number of anilines is 1. The Morgan fingerprint density at radius 2 is 1.83 bits per heavy atom. The molecule has 1 aliphatic rings. The maximum Gasteiger partial charge on any atom is 0.244 e. The molecule has 1 saturated heterocycles. The first-order chi connectivity index (χ1) is 14.1. The molecule has 29 heavy (non-hydrogen) atoms. The average Bonchev–Trinajstić information content (AvgIpc) is 3.16. The second-order valence-corrected chi connectivity index (χ2v) is 7.34. The molecule has 7 nitrogen and oxygen atoms in total. The second kappa shape index (κ2) is 10.0. The Bertz CT molecular complexity index is 808. The van der Waals surface area contributed by atoms with Crippen molar-refractivity contribution in [3.05, 3.63) is 54.4 Å². The van der Waals surface area contributed by atoms with E-state index in [1.54, 1.807) is 0 Å². The standard InChI is InChI=1S/C22H32N6O/c1-4-23-22(26(3)18-20-11-8-12-25(20)2)24-17-21(29)28-15-13-27(14-16-28)19-9-6-5-7-10-19/h5-12H,4,13-18H2,1-3H3,(H,23,24). The Morgan fingerprint density at radius 3 is 2.45 bits per heavy atom. The van der Waals surface area contributed by atoms with Crippen molar-refractivity contribution in [2.24, 2.45) is 12.0 Å². The summed E-state index contributed by atoms with van der Waals surface area (Å²) in [5, 5.41) is 3.29. The topological polar surface area (TPSA) is 56.1 Å². The molecule has 0 spiro atoms. The molecule has 1 N–H and O–H groups in total. The van der Waals surface area contributed by atoms with Crippen LogP contribution in [0.1, 0.15) is 12.6 Å². The summed E-state index contributed by atoms with van der Waals surface area (Å²) < 4.78 is 2.09. The number of carbonyl (C=O) groups is 1. The fourth-order valence-electron chi connectivity index (χ4n) is 3.54. The molecule has 2 heterocycles. The zero-order valence-electron chi connectivity index (χ0n) is 17.7. The number of aryl methyl sites for hydroxylation is 1. The smallest absolute Gasteiger partial charge is 0.244 e. The Balaban J connectivity index is 1.54. The van der Waals surface area contributed by atoms with Gasteiger partial charge >= 0.3 is 0 Å². The minimum atomic E-state index is 0.0837. The number of guanidine groups is 1. The first-order valence-corrected chi connectivity index (χ1v) is 10.3. The number of aromatic nitrogens is 1. The van der Waals surface area contributed by atoms with Crippen LogP contribution >= 0.6 is 0 Å². The Morgan fingerprint density at radius 1 is 1.10 bits per heavy atom. The van der Waals surface area contributed by atoms with Crippen molar-refractivity contribution in [2.45, 2.75) is 13.5 Å². The fraction of sp³-hybridized carbons (Fsp3) is 0.455. The zero-order chi connectivity index (χ0) is 20.6. The summed E-state index contributed by atoms with van der Waals surface area (Å²) in [6, 6.07) is 14.5. The predicted molar refractivity (Wildman–Crippen MR) is 118 cm³/mol. The Hall–Kier alpha value is -2.96. The maximum atomic E-state index is 12.7. The van der Waals surface area contributed by atoms with Gasteiger partial charge in [-0.15, -0.1) is 0 Å². The first kappa shape index (κ1) is 20.8. The van der Waals surface area contributed by atoms with Gasteiger partial charge in [-0.2, -0.15) is 0 Å². The molecule has 0 atom stereocenters. The fourth-order valence-corrected chi connectivity index (χ4v) is 3.54. The van der Waals surface area contributed by atoms with E-state index in [2.05, 4.69) is 55.0 Å². The molecule has 0 unspecified atom stereocenters. The van der Waals surface area contributed by atoms with Gasteiger partial charge in [0, 0.05) is 64.4 Å². The van der Waals surface area contributed by atoms with Crippen LogP contribution in [0, 0.1) is 0 Å². The number of para-hydroxylation sites is 1. The van der Waals surface area contributed by atoms with Crippen LogP contribution in [0.3, 0.4) is 0 Å². The van der Waals surface area contributed by atoms with Crippen LogP contribution in [0.5, 0.6) is 0 Å². The van der Waals surface area contributed by atoms with Crippen LogP contribution in [0.4, 0.5) is 5.69 Å². The number of amides is 1. The third kappa shape index (κ3) is 5.53. The summed E-state index contributed by atoms with van der Waals surface area (Å²) in [5.74, 6) is 0.838. The monoisotopic (exact) mass is 396 g/mol. The van der Waals surface area contributed by atoms with E-state index >= 15 is 0 Å². The third-order valence-corrected chi connectivity index (χ3v) is 5.26. The molecule has 2 aromatic rings. The van der Waals surface area contributed by atoms with Crippen molar-refractivity contribution in [2.75, 3.05) is 51.2 Å². The number of nitrogens with one attached hydrogen (secondary N) is 1. The summed E-state index contributed by atoms with van der Waals surface area (Å²) >= 11 is 0. The quantitative estimate of drug-likeness (QED) is 0.597. The van der Waals surface area contributed by atoms with E-state index in [9.17, 15) is 4.79 Å². The molecule has 3 rings (SSSR count). The lowest BCUT2D eigenvalue weighted by molar-refractivity contribution is -0.129. The number of hydrogen-bond donors (Lipinski definition) is 1.